The normalized spacial score (nSPS) is 15.2. The molecular weight excluding hydrogens is 438 g/mol. The summed E-state index contributed by atoms with van der Waals surface area (Å²) < 4.78 is 30.3. The van der Waals surface area contributed by atoms with E-state index in [4.69, 9.17) is 11.6 Å². The Morgan fingerprint density at radius 2 is 1.77 bits per heavy atom. The van der Waals surface area contributed by atoms with Crippen LogP contribution in [-0.4, -0.2) is 40.6 Å². The Morgan fingerprint density at radius 3 is 2.40 bits per heavy atom. The van der Waals surface area contributed by atoms with Crippen LogP contribution in [0.5, 0.6) is 0 Å². The minimum absolute atomic E-state index is 0.215. The van der Waals surface area contributed by atoms with E-state index in [1.54, 1.807) is 6.07 Å². The highest BCUT2D eigenvalue weighted by Gasteiger charge is 2.31. The second kappa shape index (κ2) is 8.38. The topological polar surface area (TPSA) is 52.7 Å². The second-order valence-corrected chi connectivity index (χ2v) is 11.3. The lowest BCUT2D eigenvalue weighted by Gasteiger charge is -2.31. The minimum Gasteiger partial charge on any atom is -0.369 e. The van der Waals surface area contributed by atoms with Gasteiger partial charge in [0.1, 0.15) is 4.21 Å². The largest absolute Gasteiger partial charge is 0.369 e. The number of rotatable bonds is 5. The van der Waals surface area contributed by atoms with E-state index >= 15 is 0 Å². The Kier molecular flexibility index (Phi) is 5.99. The van der Waals surface area contributed by atoms with Crippen molar-refractivity contribution in [3.8, 4) is 0 Å². The molecule has 1 saturated heterocycles. The average Bonchev–Trinajstić information content (AvgIpc) is 3.06. The van der Waals surface area contributed by atoms with Crippen LogP contribution in [0.25, 0.3) is 10.1 Å². The fourth-order valence-electron chi connectivity index (χ4n) is 3.95. The molecule has 0 bridgehead atoms. The first kappa shape index (κ1) is 21.4. The quantitative estimate of drug-likeness (QED) is 0.586. The van der Waals surface area contributed by atoms with Gasteiger partial charge in [-0.2, -0.15) is 0 Å². The number of hydrogen-bond acceptors (Lipinski definition) is 5. The zero-order valence-electron chi connectivity index (χ0n) is 17.4. The van der Waals surface area contributed by atoms with Gasteiger partial charge in [-0.05, 0) is 74.2 Å². The maximum Gasteiger partial charge on any atom is 0.274 e. The van der Waals surface area contributed by atoms with Crippen LogP contribution in [0.3, 0.4) is 0 Å². The molecule has 3 aromatic rings. The first-order chi connectivity index (χ1) is 14.3. The Balaban J connectivity index is 1.72. The first-order valence-electron chi connectivity index (χ1n) is 10.1. The number of halogens is 1. The number of fused-ring (bicyclic) bond motifs is 1. The monoisotopic (exact) mass is 463 g/mol. The third-order valence-corrected chi connectivity index (χ3v) is 9.51. The van der Waals surface area contributed by atoms with Gasteiger partial charge in [0.15, 0.2) is 0 Å². The van der Waals surface area contributed by atoms with Crippen LogP contribution in [0.15, 0.2) is 46.7 Å². The summed E-state index contributed by atoms with van der Waals surface area (Å²) in [6.07, 6.45) is 0. The number of nitrogens with zero attached hydrogens (tertiary/aromatic N) is 2. The minimum atomic E-state index is -3.71. The van der Waals surface area contributed by atoms with Gasteiger partial charge >= 0.3 is 0 Å². The van der Waals surface area contributed by atoms with Gasteiger partial charge in [-0.25, -0.2) is 8.42 Å². The van der Waals surface area contributed by atoms with Crippen molar-refractivity contribution in [1.29, 1.82) is 0 Å². The van der Waals surface area contributed by atoms with Crippen molar-refractivity contribution < 1.29 is 8.42 Å². The maximum atomic E-state index is 13.7. The van der Waals surface area contributed by atoms with E-state index in [-0.39, 0.29) is 6.04 Å². The zero-order valence-corrected chi connectivity index (χ0v) is 19.7. The number of aryl methyl sites for hydroxylation is 1. The van der Waals surface area contributed by atoms with Crippen LogP contribution in [0, 0.1) is 6.92 Å². The van der Waals surface area contributed by atoms with Crippen molar-refractivity contribution in [2.45, 2.75) is 31.0 Å². The Bertz CT molecular complexity index is 1150. The number of sulfonamides is 1. The molecule has 0 saturated carbocycles. The molecule has 1 N–H and O–H groups in total. The third kappa shape index (κ3) is 3.91. The molecule has 2 aromatic carbocycles. The molecule has 2 heterocycles. The van der Waals surface area contributed by atoms with Crippen molar-refractivity contribution in [2.75, 3.05) is 35.4 Å². The van der Waals surface area contributed by atoms with Crippen molar-refractivity contribution in [3.05, 3.63) is 53.1 Å². The lowest BCUT2D eigenvalue weighted by atomic mass is 10.2. The molecule has 4 rings (SSSR count). The summed E-state index contributed by atoms with van der Waals surface area (Å²) >= 11 is 7.44. The van der Waals surface area contributed by atoms with Crippen LogP contribution in [0.4, 0.5) is 11.4 Å². The van der Waals surface area contributed by atoms with Gasteiger partial charge in [0.2, 0.25) is 0 Å². The van der Waals surface area contributed by atoms with E-state index in [0.29, 0.717) is 14.9 Å². The predicted molar refractivity (Wildman–Crippen MR) is 128 cm³/mol. The molecule has 5 nitrogen and oxygen atoms in total. The summed E-state index contributed by atoms with van der Waals surface area (Å²) in [5.41, 5.74) is 2.55. The van der Waals surface area contributed by atoms with Gasteiger partial charge in [0, 0.05) is 47.6 Å². The Labute approximate surface area is 187 Å². The van der Waals surface area contributed by atoms with Crippen LogP contribution >= 0.6 is 22.9 Å². The zero-order chi connectivity index (χ0) is 21.5. The molecule has 0 atom stereocenters. The predicted octanol–water partition coefficient (Wildman–Crippen LogP) is 4.88. The maximum absolute atomic E-state index is 13.7. The summed E-state index contributed by atoms with van der Waals surface area (Å²) in [7, 11) is -3.71. The fraction of sp³-hybridized carbons (Fsp3) is 0.364. The molecule has 1 aliphatic heterocycles. The summed E-state index contributed by atoms with van der Waals surface area (Å²) in [5.74, 6) is 0. The van der Waals surface area contributed by atoms with E-state index < -0.39 is 10.0 Å². The molecule has 160 valence electrons. The summed E-state index contributed by atoms with van der Waals surface area (Å²) in [4.78, 5) is 2.31. The third-order valence-electron chi connectivity index (χ3n) is 5.40. The number of thiophene rings is 1. The SMILES string of the molecule is Cc1c(S(=O)(=O)N(c2ccc(N3CCNCC3)cc2)C(C)C)sc2ccc(Cl)cc12. The summed E-state index contributed by atoms with van der Waals surface area (Å²) in [5, 5.41) is 4.85. The van der Waals surface area contributed by atoms with Gasteiger partial charge in [0.25, 0.3) is 10.0 Å². The standard InChI is InChI=1S/C22H26ClN3O2S2/c1-15(2)26(19-7-5-18(6-8-19)25-12-10-24-11-13-25)30(27,28)22-16(3)20-14-17(23)4-9-21(20)29-22/h4-9,14-15,24H,10-13H2,1-3H3. The van der Waals surface area contributed by atoms with Gasteiger partial charge in [-0.3, -0.25) is 4.31 Å². The van der Waals surface area contributed by atoms with Gasteiger partial charge in [-0.15, -0.1) is 11.3 Å². The van der Waals surface area contributed by atoms with E-state index in [9.17, 15) is 8.42 Å². The lowest BCUT2D eigenvalue weighted by Crippen LogP contribution is -2.43. The number of hydrogen-bond donors (Lipinski definition) is 1. The lowest BCUT2D eigenvalue weighted by molar-refractivity contribution is 0.585. The fourth-order valence-corrected chi connectivity index (χ4v) is 7.61. The molecule has 0 unspecified atom stereocenters. The average molecular weight is 464 g/mol. The molecule has 0 radical (unpaired) electrons. The van der Waals surface area contributed by atoms with E-state index in [0.717, 1.165) is 47.5 Å². The van der Waals surface area contributed by atoms with Crippen molar-refractivity contribution >= 4 is 54.4 Å². The number of anilines is 2. The van der Waals surface area contributed by atoms with Crippen LogP contribution in [0.1, 0.15) is 19.4 Å². The number of piperazine rings is 1. The molecule has 0 spiro atoms. The van der Waals surface area contributed by atoms with Crippen molar-refractivity contribution in [1.82, 2.24) is 5.32 Å². The first-order valence-corrected chi connectivity index (χ1v) is 12.7. The Hall–Kier alpha value is -1.80. The molecular formula is C22H26ClN3O2S2. The highest BCUT2D eigenvalue weighted by Crippen LogP contribution is 2.39. The highest BCUT2D eigenvalue weighted by atomic mass is 35.5. The van der Waals surface area contributed by atoms with E-state index in [2.05, 4.69) is 10.2 Å². The summed E-state index contributed by atoms with van der Waals surface area (Å²) in [6.45, 7) is 9.49. The summed E-state index contributed by atoms with van der Waals surface area (Å²) in [6, 6.07) is 13.2. The molecule has 0 aliphatic carbocycles. The molecule has 8 heteroatoms. The van der Waals surface area contributed by atoms with Gasteiger partial charge in [0.05, 0.1) is 5.69 Å². The molecule has 1 fully saturated rings. The number of nitrogens with one attached hydrogen (secondary N) is 1. The van der Waals surface area contributed by atoms with Crippen molar-refractivity contribution in [2.24, 2.45) is 0 Å². The van der Waals surface area contributed by atoms with Crippen LogP contribution in [0.2, 0.25) is 5.02 Å². The van der Waals surface area contributed by atoms with Crippen LogP contribution < -0.4 is 14.5 Å². The van der Waals surface area contributed by atoms with Crippen LogP contribution in [-0.2, 0) is 10.0 Å². The second-order valence-electron chi connectivity index (χ2n) is 7.80. The molecule has 0 amide bonds. The van der Waals surface area contributed by atoms with E-state index in [1.165, 1.54) is 15.6 Å². The highest BCUT2D eigenvalue weighted by molar-refractivity contribution is 7.95. The molecule has 30 heavy (non-hydrogen) atoms. The number of benzene rings is 2. The van der Waals surface area contributed by atoms with Crippen molar-refractivity contribution in [3.63, 3.8) is 0 Å². The van der Waals surface area contributed by atoms with Gasteiger partial charge < -0.3 is 10.2 Å². The smallest absolute Gasteiger partial charge is 0.274 e. The Morgan fingerprint density at radius 1 is 1.10 bits per heavy atom. The van der Waals surface area contributed by atoms with Gasteiger partial charge in [-0.1, -0.05) is 11.6 Å². The van der Waals surface area contributed by atoms with E-state index in [1.807, 2.05) is 57.2 Å². The molecule has 1 aliphatic rings. The molecule has 1 aromatic heterocycles.